The van der Waals surface area contributed by atoms with Gasteiger partial charge in [0, 0.05) is 31.1 Å². The number of piperidine rings is 3. The van der Waals surface area contributed by atoms with E-state index in [2.05, 4.69) is 30.3 Å². The Hall–Kier alpha value is -2.11. The standard InChI is InChI=1S/C26H34NO4/c28-25(26(29,22-9-4-5-10-22)24-11-6-18-30-24)31-23-19-27(16-13-21(23)14-17-27)15-12-20-7-2-1-3-8-20/h1-3,6-8,11,18,21-23,29H,4-5,9-10,12-17,19H2/q+1/t21?,23-,26-,27?/m0/s1. The molecule has 3 saturated heterocycles. The van der Waals surface area contributed by atoms with Crippen LogP contribution >= 0.6 is 0 Å². The number of furan rings is 1. The Kier molecular flexibility index (Phi) is 5.65. The number of benzene rings is 1. The lowest BCUT2D eigenvalue weighted by molar-refractivity contribution is -0.946. The van der Waals surface area contributed by atoms with Crippen molar-refractivity contribution in [2.75, 3.05) is 26.2 Å². The Labute approximate surface area is 184 Å². The molecule has 3 aliphatic heterocycles. The maximum Gasteiger partial charge on any atom is 0.346 e. The summed E-state index contributed by atoms with van der Waals surface area (Å²) in [6.45, 7) is 4.27. The highest BCUT2D eigenvalue weighted by molar-refractivity contribution is 5.81. The van der Waals surface area contributed by atoms with Crippen molar-refractivity contribution in [1.82, 2.24) is 0 Å². The van der Waals surface area contributed by atoms with E-state index in [0.29, 0.717) is 11.7 Å². The number of carbonyl (C=O) groups excluding carboxylic acids is 1. The highest BCUT2D eigenvalue weighted by atomic mass is 16.6. The molecule has 166 valence electrons. The number of hydrogen-bond donors (Lipinski definition) is 1. The number of nitrogens with zero attached hydrogens (tertiary/aromatic N) is 1. The molecule has 4 fully saturated rings. The first-order chi connectivity index (χ1) is 15.1. The molecule has 0 unspecified atom stereocenters. The largest absolute Gasteiger partial charge is 0.466 e. The van der Waals surface area contributed by atoms with Gasteiger partial charge in [0.1, 0.15) is 12.3 Å². The van der Waals surface area contributed by atoms with Gasteiger partial charge in [0.15, 0.2) is 6.10 Å². The van der Waals surface area contributed by atoms with Crippen molar-refractivity contribution in [1.29, 1.82) is 0 Å². The number of aliphatic hydroxyl groups is 1. The third-order valence-corrected chi connectivity index (χ3v) is 8.17. The van der Waals surface area contributed by atoms with Crippen molar-refractivity contribution in [3.05, 3.63) is 60.1 Å². The predicted octanol–water partition coefficient (Wildman–Crippen LogP) is 4.05. The summed E-state index contributed by atoms with van der Waals surface area (Å²) in [5.74, 6) is 0.103. The van der Waals surface area contributed by atoms with E-state index < -0.39 is 11.6 Å². The molecule has 1 aromatic carbocycles. The van der Waals surface area contributed by atoms with Crippen molar-refractivity contribution in [2.24, 2.45) is 11.8 Å². The van der Waals surface area contributed by atoms with Crippen LogP contribution in [0.4, 0.5) is 0 Å². The molecule has 2 bridgehead atoms. The molecule has 1 saturated carbocycles. The van der Waals surface area contributed by atoms with Crippen molar-refractivity contribution in [3.63, 3.8) is 0 Å². The first kappa shape index (κ1) is 20.8. The Bertz CT molecular complexity index is 866. The van der Waals surface area contributed by atoms with Crippen LogP contribution in [-0.4, -0.2) is 47.8 Å². The van der Waals surface area contributed by atoms with Crippen molar-refractivity contribution >= 4 is 5.97 Å². The Morgan fingerprint density at radius 1 is 1.06 bits per heavy atom. The van der Waals surface area contributed by atoms with Gasteiger partial charge in [-0.25, -0.2) is 4.79 Å². The zero-order valence-electron chi connectivity index (χ0n) is 18.2. The van der Waals surface area contributed by atoms with E-state index in [0.717, 1.165) is 75.6 Å². The minimum absolute atomic E-state index is 0.117. The van der Waals surface area contributed by atoms with E-state index >= 15 is 0 Å². The van der Waals surface area contributed by atoms with Crippen LogP contribution in [0.25, 0.3) is 0 Å². The number of hydrogen-bond acceptors (Lipinski definition) is 4. The molecule has 0 amide bonds. The summed E-state index contributed by atoms with van der Waals surface area (Å²) in [5, 5.41) is 11.6. The molecular formula is C26H34NO4+. The van der Waals surface area contributed by atoms with E-state index in [1.807, 2.05) is 0 Å². The van der Waals surface area contributed by atoms with Crippen molar-refractivity contribution in [2.45, 2.75) is 56.7 Å². The monoisotopic (exact) mass is 424 g/mol. The molecule has 31 heavy (non-hydrogen) atoms. The fourth-order valence-electron chi connectivity index (χ4n) is 6.21. The van der Waals surface area contributed by atoms with Gasteiger partial charge in [-0.1, -0.05) is 43.2 Å². The second-order valence-corrected chi connectivity index (χ2v) is 9.94. The molecule has 2 aromatic rings. The molecule has 1 aromatic heterocycles. The molecule has 5 heteroatoms. The Balaban J connectivity index is 1.30. The van der Waals surface area contributed by atoms with E-state index in [-0.39, 0.29) is 12.0 Å². The lowest BCUT2D eigenvalue weighted by atomic mass is 9.81. The van der Waals surface area contributed by atoms with Crippen LogP contribution < -0.4 is 0 Å². The van der Waals surface area contributed by atoms with Gasteiger partial charge in [0.2, 0.25) is 5.60 Å². The van der Waals surface area contributed by atoms with Crippen LogP contribution in [0, 0.1) is 11.8 Å². The first-order valence-electron chi connectivity index (χ1n) is 12.0. The van der Waals surface area contributed by atoms with Crippen molar-refractivity contribution in [3.8, 4) is 0 Å². The zero-order chi connectivity index (χ0) is 21.3. The fourth-order valence-corrected chi connectivity index (χ4v) is 6.21. The molecule has 0 radical (unpaired) electrons. The van der Waals surface area contributed by atoms with Gasteiger partial charge < -0.3 is 18.7 Å². The van der Waals surface area contributed by atoms with E-state index in [1.165, 1.54) is 11.8 Å². The highest BCUT2D eigenvalue weighted by Gasteiger charge is 2.53. The summed E-state index contributed by atoms with van der Waals surface area (Å²) >= 11 is 0. The summed E-state index contributed by atoms with van der Waals surface area (Å²) in [4.78, 5) is 13.4. The summed E-state index contributed by atoms with van der Waals surface area (Å²) in [6.07, 6.45) is 8.37. The van der Waals surface area contributed by atoms with E-state index in [9.17, 15) is 9.90 Å². The number of fused-ring (bicyclic) bond motifs is 3. The first-order valence-corrected chi connectivity index (χ1v) is 12.0. The number of esters is 1. The highest BCUT2D eigenvalue weighted by Crippen LogP contribution is 2.43. The Morgan fingerprint density at radius 2 is 1.81 bits per heavy atom. The molecule has 5 nitrogen and oxygen atoms in total. The summed E-state index contributed by atoms with van der Waals surface area (Å²) < 4.78 is 12.7. The van der Waals surface area contributed by atoms with Gasteiger partial charge in [-0.15, -0.1) is 0 Å². The number of quaternary nitrogens is 1. The van der Waals surface area contributed by atoms with Gasteiger partial charge in [-0.2, -0.15) is 0 Å². The van der Waals surface area contributed by atoms with Crippen LogP contribution in [0.15, 0.2) is 53.1 Å². The smallest absolute Gasteiger partial charge is 0.346 e. The fraction of sp³-hybridized carbons (Fsp3) is 0.577. The van der Waals surface area contributed by atoms with Crippen LogP contribution in [0.3, 0.4) is 0 Å². The maximum absolute atomic E-state index is 13.4. The van der Waals surface area contributed by atoms with Gasteiger partial charge in [0.25, 0.3) is 0 Å². The third-order valence-electron chi connectivity index (χ3n) is 8.17. The van der Waals surface area contributed by atoms with Gasteiger partial charge in [-0.05, 0) is 30.5 Å². The number of ether oxygens (including phenoxy) is 1. The lowest BCUT2D eigenvalue weighted by Crippen LogP contribution is -2.65. The van der Waals surface area contributed by atoms with Crippen molar-refractivity contribution < 1.29 is 23.5 Å². The van der Waals surface area contributed by atoms with Crippen LogP contribution in [0.2, 0.25) is 0 Å². The van der Waals surface area contributed by atoms with Crippen LogP contribution in [-0.2, 0) is 21.6 Å². The number of rotatable bonds is 7. The zero-order valence-corrected chi connectivity index (χ0v) is 18.2. The minimum atomic E-state index is -1.67. The normalized spacial score (nSPS) is 30.2. The second-order valence-electron chi connectivity index (χ2n) is 9.94. The average Bonchev–Trinajstić information content (AvgIpc) is 3.54. The quantitative estimate of drug-likeness (QED) is 0.538. The van der Waals surface area contributed by atoms with Gasteiger partial charge in [-0.3, -0.25) is 0 Å². The summed E-state index contributed by atoms with van der Waals surface area (Å²) in [6, 6.07) is 14.1. The van der Waals surface area contributed by atoms with Crippen LogP contribution in [0.1, 0.15) is 49.8 Å². The second kappa shape index (κ2) is 8.44. The van der Waals surface area contributed by atoms with Crippen LogP contribution in [0.5, 0.6) is 0 Å². The SMILES string of the molecule is O=C(O[C@H]1C[N+]2(CCc3ccccc3)CCC1CC2)[C@@](O)(c1ccco1)C1CCCC1. The minimum Gasteiger partial charge on any atom is -0.466 e. The molecule has 4 heterocycles. The lowest BCUT2D eigenvalue weighted by Gasteiger charge is -2.52. The summed E-state index contributed by atoms with van der Waals surface area (Å²) in [7, 11) is 0. The van der Waals surface area contributed by atoms with Gasteiger partial charge in [0.05, 0.1) is 25.9 Å². The third kappa shape index (κ3) is 3.94. The van der Waals surface area contributed by atoms with E-state index in [4.69, 9.17) is 9.15 Å². The average molecular weight is 425 g/mol. The molecular weight excluding hydrogens is 390 g/mol. The molecule has 4 aliphatic rings. The van der Waals surface area contributed by atoms with Gasteiger partial charge >= 0.3 is 5.97 Å². The summed E-state index contributed by atoms with van der Waals surface area (Å²) in [5.41, 5.74) is -0.300. The van der Waals surface area contributed by atoms with E-state index in [1.54, 1.807) is 12.1 Å². The Morgan fingerprint density at radius 3 is 2.48 bits per heavy atom. The number of carbonyl (C=O) groups is 1. The topological polar surface area (TPSA) is 59.7 Å². The molecule has 2 atom stereocenters. The molecule has 1 aliphatic carbocycles. The predicted molar refractivity (Wildman–Crippen MR) is 117 cm³/mol. The maximum atomic E-state index is 13.4. The molecule has 1 N–H and O–H groups in total. The molecule has 6 rings (SSSR count). The molecule has 0 spiro atoms.